The number of hydrogen-bond donors (Lipinski definition) is 3. The number of amides is 2. The molecule has 1 aromatic carbocycles. The van der Waals surface area contributed by atoms with Crippen molar-refractivity contribution in [2.75, 3.05) is 51.4 Å². The van der Waals surface area contributed by atoms with E-state index in [2.05, 4.69) is 37.8 Å². The van der Waals surface area contributed by atoms with Crippen LogP contribution >= 0.6 is 0 Å². The van der Waals surface area contributed by atoms with Gasteiger partial charge in [-0.1, -0.05) is 17.9 Å². The number of nitrogens with zero attached hydrogens (tertiary/aromatic N) is 4. The van der Waals surface area contributed by atoms with Gasteiger partial charge in [-0.25, -0.2) is 18.2 Å². The molecule has 3 N–H and O–H groups in total. The van der Waals surface area contributed by atoms with Crippen molar-refractivity contribution in [1.82, 2.24) is 25.1 Å². The number of alkyl halides is 2. The monoisotopic (exact) mass is 543 g/mol. The second-order valence-corrected chi connectivity index (χ2v) is 9.24. The third-order valence-corrected chi connectivity index (χ3v) is 5.71. The lowest BCUT2D eigenvalue weighted by Gasteiger charge is -2.21. The van der Waals surface area contributed by atoms with Gasteiger partial charge in [0.1, 0.15) is 17.7 Å². The van der Waals surface area contributed by atoms with Gasteiger partial charge in [-0.05, 0) is 44.8 Å². The van der Waals surface area contributed by atoms with Crippen LogP contribution in [0.5, 0.6) is 0 Å². The number of nitrogens with one attached hydrogen (secondary N) is 3. The Kier molecular flexibility index (Phi) is 10.3. The summed E-state index contributed by atoms with van der Waals surface area (Å²) < 4.78 is 41.1. The number of hydrogen-bond acceptors (Lipinski definition) is 7. The molecular formula is C27H32F3N7O2. The maximum absolute atomic E-state index is 14.0. The highest BCUT2D eigenvalue weighted by molar-refractivity contribution is 5.93. The zero-order chi connectivity index (χ0) is 28.4. The van der Waals surface area contributed by atoms with Gasteiger partial charge in [-0.3, -0.25) is 9.59 Å². The van der Waals surface area contributed by atoms with Crippen LogP contribution in [0.2, 0.25) is 0 Å². The molecule has 1 aliphatic rings. The topological polar surface area (TPSA) is 102 Å². The number of likely N-dealkylation sites (tertiary alicyclic amines) is 1. The first-order valence-electron chi connectivity index (χ1n) is 12.4. The first-order valence-corrected chi connectivity index (χ1v) is 12.4. The van der Waals surface area contributed by atoms with Crippen LogP contribution in [0.25, 0.3) is 0 Å². The standard InChI is InChI=1S/C27H32F3N7O2/c1-31-24-19(17-33-26(35-24)34-21-12-10-20(28)11-13-21)8-5-4-6-14-32-25(39)22-16-27(29,30)18-37(22)23(38)9-7-15-36(2)3/h7,9-13,17,22H,4,6,14-16,18H2,1-3H3,(H,32,39)(H2,31,33,34,35)/b9-7+/t22-/m0/s1. The number of likely N-dealkylation sites (N-methyl/N-ethyl adjacent to an activating group) is 1. The minimum Gasteiger partial charge on any atom is -0.372 e. The molecule has 3 rings (SSSR count). The fraction of sp³-hybridized carbons (Fsp3) is 0.407. The van der Waals surface area contributed by atoms with Crippen LogP contribution in [-0.4, -0.2) is 84.3 Å². The fourth-order valence-electron chi connectivity index (χ4n) is 3.79. The highest BCUT2D eigenvalue weighted by Gasteiger charge is 2.49. The fourth-order valence-corrected chi connectivity index (χ4v) is 3.79. The Morgan fingerprint density at radius 1 is 1.26 bits per heavy atom. The quantitative estimate of drug-likeness (QED) is 0.241. The van der Waals surface area contributed by atoms with E-state index in [-0.39, 0.29) is 12.4 Å². The molecule has 1 fully saturated rings. The van der Waals surface area contributed by atoms with Gasteiger partial charge >= 0.3 is 0 Å². The van der Waals surface area contributed by atoms with Crippen LogP contribution in [0.4, 0.5) is 30.6 Å². The Balaban J connectivity index is 1.49. The first-order chi connectivity index (χ1) is 18.6. The van der Waals surface area contributed by atoms with Gasteiger partial charge in [0.15, 0.2) is 0 Å². The molecule has 2 heterocycles. The smallest absolute Gasteiger partial charge is 0.267 e. The molecule has 0 aliphatic carbocycles. The summed E-state index contributed by atoms with van der Waals surface area (Å²) in [4.78, 5) is 36.3. The molecule has 0 bridgehead atoms. The summed E-state index contributed by atoms with van der Waals surface area (Å²) in [6.45, 7) is -0.0768. The second kappa shape index (κ2) is 13.6. The Morgan fingerprint density at radius 2 is 2.00 bits per heavy atom. The van der Waals surface area contributed by atoms with E-state index in [1.807, 2.05) is 19.0 Å². The van der Waals surface area contributed by atoms with Crippen molar-refractivity contribution >= 4 is 29.3 Å². The third kappa shape index (κ3) is 9.00. The minimum atomic E-state index is -3.12. The molecule has 1 aromatic heterocycles. The number of anilines is 3. The molecule has 0 spiro atoms. The molecule has 0 unspecified atom stereocenters. The van der Waals surface area contributed by atoms with Gasteiger partial charge in [-0.2, -0.15) is 4.98 Å². The van der Waals surface area contributed by atoms with Crippen LogP contribution in [0.3, 0.4) is 0 Å². The SMILES string of the molecule is CNc1nc(Nc2ccc(F)cc2)ncc1C#CCCCNC(=O)[C@@H]1CC(F)(F)CN1C(=O)/C=C/CN(C)C. The van der Waals surface area contributed by atoms with Crippen LogP contribution in [-0.2, 0) is 9.59 Å². The van der Waals surface area contributed by atoms with E-state index >= 15 is 0 Å². The molecule has 1 aliphatic heterocycles. The lowest BCUT2D eigenvalue weighted by molar-refractivity contribution is -0.135. The molecule has 2 aromatic rings. The van der Waals surface area contributed by atoms with E-state index in [1.165, 1.54) is 18.2 Å². The van der Waals surface area contributed by atoms with E-state index in [0.29, 0.717) is 42.4 Å². The van der Waals surface area contributed by atoms with Gasteiger partial charge in [0.25, 0.3) is 5.92 Å². The lowest BCUT2D eigenvalue weighted by Crippen LogP contribution is -2.45. The highest BCUT2D eigenvalue weighted by atomic mass is 19.3. The minimum absolute atomic E-state index is 0.226. The van der Waals surface area contributed by atoms with Gasteiger partial charge < -0.3 is 25.8 Å². The highest BCUT2D eigenvalue weighted by Crippen LogP contribution is 2.32. The van der Waals surface area contributed by atoms with Crippen molar-refractivity contribution in [3.05, 3.63) is 54.0 Å². The predicted molar refractivity (Wildman–Crippen MR) is 143 cm³/mol. The number of halogens is 3. The van der Waals surface area contributed by atoms with E-state index in [1.54, 1.807) is 31.5 Å². The number of benzene rings is 1. The third-order valence-electron chi connectivity index (χ3n) is 5.71. The van der Waals surface area contributed by atoms with Crippen LogP contribution in [0, 0.1) is 17.7 Å². The summed E-state index contributed by atoms with van der Waals surface area (Å²) >= 11 is 0. The van der Waals surface area contributed by atoms with E-state index in [0.717, 1.165) is 4.90 Å². The zero-order valence-corrected chi connectivity index (χ0v) is 22.1. The first kappa shape index (κ1) is 29.4. The van der Waals surface area contributed by atoms with Crippen LogP contribution in [0.1, 0.15) is 24.8 Å². The largest absolute Gasteiger partial charge is 0.372 e. The van der Waals surface area contributed by atoms with Gasteiger partial charge in [0, 0.05) is 44.7 Å². The number of rotatable bonds is 10. The summed E-state index contributed by atoms with van der Waals surface area (Å²) in [5.74, 6) is 2.10. The van der Waals surface area contributed by atoms with E-state index in [9.17, 15) is 22.8 Å². The lowest BCUT2D eigenvalue weighted by atomic mass is 10.1. The summed E-state index contributed by atoms with van der Waals surface area (Å²) in [7, 11) is 5.33. The molecule has 12 heteroatoms. The maximum atomic E-state index is 14.0. The maximum Gasteiger partial charge on any atom is 0.267 e. The second-order valence-electron chi connectivity index (χ2n) is 9.24. The van der Waals surface area contributed by atoms with Gasteiger partial charge in [0.05, 0.1) is 18.3 Å². The molecule has 1 atom stereocenters. The molecular weight excluding hydrogens is 511 g/mol. The van der Waals surface area contributed by atoms with Crippen molar-refractivity contribution in [2.24, 2.45) is 0 Å². The number of carbonyl (C=O) groups excluding carboxylic acids is 2. The van der Waals surface area contributed by atoms with Crippen LogP contribution < -0.4 is 16.0 Å². The summed E-state index contributed by atoms with van der Waals surface area (Å²) in [6.07, 6.45) is 4.57. The molecule has 0 radical (unpaired) electrons. The Morgan fingerprint density at radius 3 is 2.69 bits per heavy atom. The van der Waals surface area contributed by atoms with E-state index < -0.39 is 36.7 Å². The Hall–Kier alpha value is -4.11. The normalized spacial score (nSPS) is 16.2. The molecule has 39 heavy (non-hydrogen) atoms. The molecule has 0 saturated carbocycles. The summed E-state index contributed by atoms with van der Waals surface area (Å²) in [5, 5.41) is 8.58. The Bertz CT molecular complexity index is 1240. The van der Waals surface area contributed by atoms with Crippen molar-refractivity contribution in [3.8, 4) is 11.8 Å². The van der Waals surface area contributed by atoms with Gasteiger partial charge in [-0.15, -0.1) is 0 Å². The average molecular weight is 544 g/mol. The summed E-state index contributed by atoms with van der Waals surface area (Å²) in [5.41, 5.74) is 1.20. The van der Waals surface area contributed by atoms with Crippen LogP contribution in [0.15, 0.2) is 42.6 Å². The van der Waals surface area contributed by atoms with E-state index in [4.69, 9.17) is 0 Å². The van der Waals surface area contributed by atoms with Gasteiger partial charge in [0.2, 0.25) is 17.8 Å². The summed E-state index contributed by atoms with van der Waals surface area (Å²) in [6, 6.07) is 4.57. The zero-order valence-electron chi connectivity index (χ0n) is 22.1. The Labute approximate surface area is 225 Å². The van der Waals surface area contributed by atoms with Crippen molar-refractivity contribution in [2.45, 2.75) is 31.2 Å². The predicted octanol–water partition coefficient (Wildman–Crippen LogP) is 3.00. The number of aromatic nitrogens is 2. The van der Waals surface area contributed by atoms with Crippen molar-refractivity contribution < 1.29 is 22.8 Å². The average Bonchev–Trinajstić information content (AvgIpc) is 3.23. The molecule has 2 amide bonds. The number of unbranched alkanes of at least 4 members (excludes halogenated alkanes) is 1. The molecule has 208 valence electrons. The number of carbonyl (C=O) groups is 2. The molecule has 1 saturated heterocycles. The van der Waals surface area contributed by atoms with Crippen molar-refractivity contribution in [1.29, 1.82) is 0 Å². The van der Waals surface area contributed by atoms with Crippen molar-refractivity contribution in [3.63, 3.8) is 0 Å². The molecule has 9 nitrogen and oxygen atoms in total.